The van der Waals surface area contributed by atoms with Crippen molar-refractivity contribution < 1.29 is 14.3 Å². The molecule has 0 aromatic heterocycles. The Labute approximate surface area is 165 Å². The fraction of sp³-hybridized carbons (Fsp3) is 0.364. The zero-order chi connectivity index (χ0) is 19.5. The van der Waals surface area contributed by atoms with Crippen LogP contribution in [0.2, 0.25) is 0 Å². The summed E-state index contributed by atoms with van der Waals surface area (Å²) in [4.78, 5) is 28.9. The van der Waals surface area contributed by atoms with Crippen LogP contribution in [-0.2, 0) is 4.79 Å². The van der Waals surface area contributed by atoms with Crippen molar-refractivity contribution in [3.05, 3.63) is 54.1 Å². The zero-order valence-electron chi connectivity index (χ0n) is 16.1. The summed E-state index contributed by atoms with van der Waals surface area (Å²) in [5.41, 5.74) is 2.42. The zero-order valence-corrected chi connectivity index (χ0v) is 16.1. The molecule has 6 heteroatoms. The highest BCUT2D eigenvalue weighted by molar-refractivity contribution is 6.04. The molecule has 4 rings (SSSR count). The van der Waals surface area contributed by atoms with Crippen molar-refractivity contribution in [3.63, 3.8) is 0 Å². The summed E-state index contributed by atoms with van der Waals surface area (Å²) in [6.07, 6.45) is 2.11. The number of nitrogens with zero attached hydrogens (tertiary/aromatic N) is 2. The van der Waals surface area contributed by atoms with Gasteiger partial charge in [0.05, 0.1) is 7.11 Å². The molecule has 2 aliphatic rings. The highest BCUT2D eigenvalue weighted by Crippen LogP contribution is 2.31. The minimum absolute atomic E-state index is 0.142. The third-order valence-electron chi connectivity index (χ3n) is 5.36. The minimum atomic E-state index is -0.142. The molecule has 6 nitrogen and oxygen atoms in total. The lowest BCUT2D eigenvalue weighted by Gasteiger charge is -2.36. The van der Waals surface area contributed by atoms with E-state index in [0.717, 1.165) is 56.1 Å². The van der Waals surface area contributed by atoms with Crippen LogP contribution in [0, 0.1) is 5.92 Å². The van der Waals surface area contributed by atoms with Gasteiger partial charge >= 0.3 is 0 Å². The molecular formula is C22H25N3O3. The third-order valence-corrected chi connectivity index (χ3v) is 5.36. The smallest absolute Gasteiger partial charge is 0.255 e. The second kappa shape index (κ2) is 7.92. The van der Waals surface area contributed by atoms with E-state index in [1.54, 1.807) is 7.11 Å². The molecule has 1 N–H and O–H groups in total. The Kier molecular flexibility index (Phi) is 5.19. The number of amides is 2. The van der Waals surface area contributed by atoms with Crippen molar-refractivity contribution in [1.82, 2.24) is 4.90 Å². The van der Waals surface area contributed by atoms with E-state index in [4.69, 9.17) is 4.74 Å². The molecule has 1 aliphatic carbocycles. The first kappa shape index (κ1) is 18.3. The molecule has 0 spiro atoms. The molecule has 1 aliphatic heterocycles. The fourth-order valence-electron chi connectivity index (χ4n) is 3.47. The van der Waals surface area contributed by atoms with Crippen LogP contribution in [-0.4, -0.2) is 50.0 Å². The summed E-state index contributed by atoms with van der Waals surface area (Å²) in [5, 5.41) is 2.89. The standard InChI is InChI=1S/C22H25N3O3/c1-28-20-10-6-18(7-11-20)23-21(26)16-4-8-19(9-5-16)24-12-14-25(15-13-24)22(27)17-2-3-17/h4-11,17H,2-3,12-15H2,1H3,(H,23,26). The molecule has 1 saturated carbocycles. The van der Waals surface area contributed by atoms with Gasteiger partial charge in [0.1, 0.15) is 5.75 Å². The maximum Gasteiger partial charge on any atom is 0.255 e. The van der Waals surface area contributed by atoms with Crippen LogP contribution >= 0.6 is 0 Å². The van der Waals surface area contributed by atoms with Crippen LogP contribution in [0.15, 0.2) is 48.5 Å². The molecule has 0 atom stereocenters. The Balaban J connectivity index is 1.33. The van der Waals surface area contributed by atoms with Gasteiger partial charge in [-0.1, -0.05) is 0 Å². The number of hydrogen-bond acceptors (Lipinski definition) is 4. The number of piperazine rings is 1. The average molecular weight is 379 g/mol. The Morgan fingerprint density at radius 2 is 1.57 bits per heavy atom. The maximum atomic E-state index is 12.4. The lowest BCUT2D eigenvalue weighted by Crippen LogP contribution is -2.49. The SMILES string of the molecule is COc1ccc(NC(=O)c2ccc(N3CCN(C(=O)C4CC4)CC3)cc2)cc1. The molecule has 2 amide bonds. The van der Waals surface area contributed by atoms with Crippen molar-refractivity contribution in [2.75, 3.05) is 43.5 Å². The van der Waals surface area contributed by atoms with Crippen LogP contribution in [0.3, 0.4) is 0 Å². The number of carbonyl (C=O) groups is 2. The number of benzene rings is 2. The van der Waals surface area contributed by atoms with Gasteiger partial charge in [0.25, 0.3) is 5.91 Å². The molecule has 0 radical (unpaired) electrons. The van der Waals surface area contributed by atoms with Crippen molar-refractivity contribution in [2.45, 2.75) is 12.8 Å². The number of ether oxygens (including phenoxy) is 1. The molecule has 0 bridgehead atoms. The summed E-state index contributed by atoms with van der Waals surface area (Å²) in [5.74, 6) is 1.22. The van der Waals surface area contributed by atoms with Gasteiger partial charge in [-0.2, -0.15) is 0 Å². The van der Waals surface area contributed by atoms with Crippen molar-refractivity contribution in [1.29, 1.82) is 0 Å². The highest BCUT2D eigenvalue weighted by Gasteiger charge is 2.34. The average Bonchev–Trinajstić information content (AvgIpc) is 3.59. The van der Waals surface area contributed by atoms with E-state index in [-0.39, 0.29) is 11.8 Å². The summed E-state index contributed by atoms with van der Waals surface area (Å²) in [7, 11) is 1.61. The van der Waals surface area contributed by atoms with Crippen LogP contribution < -0.4 is 15.0 Å². The van der Waals surface area contributed by atoms with E-state index >= 15 is 0 Å². The number of carbonyl (C=O) groups excluding carboxylic acids is 2. The topological polar surface area (TPSA) is 61.9 Å². The van der Waals surface area contributed by atoms with Gasteiger partial charge in [0, 0.05) is 49.0 Å². The van der Waals surface area contributed by atoms with Crippen molar-refractivity contribution >= 4 is 23.2 Å². The fourth-order valence-corrected chi connectivity index (χ4v) is 3.47. The monoisotopic (exact) mass is 379 g/mol. The van der Waals surface area contributed by atoms with Gasteiger partial charge in [-0.05, 0) is 61.4 Å². The van der Waals surface area contributed by atoms with Crippen molar-refractivity contribution in [2.24, 2.45) is 5.92 Å². The molecule has 28 heavy (non-hydrogen) atoms. The van der Waals surface area contributed by atoms with Crippen LogP contribution in [0.1, 0.15) is 23.2 Å². The summed E-state index contributed by atoms with van der Waals surface area (Å²) < 4.78 is 5.12. The largest absolute Gasteiger partial charge is 0.497 e. The quantitative estimate of drug-likeness (QED) is 0.868. The van der Waals surface area contributed by atoms with Crippen LogP contribution in [0.5, 0.6) is 5.75 Å². The molecule has 2 aromatic rings. The number of rotatable bonds is 5. The van der Waals surface area contributed by atoms with Crippen molar-refractivity contribution in [3.8, 4) is 5.75 Å². The number of methoxy groups -OCH3 is 1. The maximum absolute atomic E-state index is 12.4. The lowest BCUT2D eigenvalue weighted by molar-refractivity contribution is -0.132. The number of hydrogen-bond donors (Lipinski definition) is 1. The van der Waals surface area contributed by atoms with Gasteiger partial charge in [-0.15, -0.1) is 0 Å². The molecule has 1 heterocycles. The van der Waals surface area contributed by atoms with Crippen LogP contribution in [0.4, 0.5) is 11.4 Å². The van der Waals surface area contributed by atoms with E-state index in [9.17, 15) is 9.59 Å². The second-order valence-electron chi connectivity index (χ2n) is 7.32. The lowest BCUT2D eigenvalue weighted by atomic mass is 10.1. The van der Waals surface area contributed by atoms with Gasteiger partial charge in [0.15, 0.2) is 0 Å². The van der Waals surface area contributed by atoms with Gasteiger partial charge < -0.3 is 19.9 Å². The molecule has 2 aromatic carbocycles. The predicted molar refractivity (Wildman–Crippen MR) is 109 cm³/mol. The summed E-state index contributed by atoms with van der Waals surface area (Å²) in [6.45, 7) is 3.20. The molecule has 2 fully saturated rings. The Bertz CT molecular complexity index is 836. The third kappa shape index (κ3) is 4.11. The van der Waals surface area contributed by atoms with Gasteiger partial charge in [-0.25, -0.2) is 0 Å². The first-order valence-corrected chi connectivity index (χ1v) is 9.73. The minimum Gasteiger partial charge on any atom is -0.497 e. The number of nitrogens with one attached hydrogen (secondary N) is 1. The van der Waals surface area contributed by atoms with Crippen LogP contribution in [0.25, 0.3) is 0 Å². The van der Waals surface area contributed by atoms with E-state index in [1.165, 1.54) is 0 Å². The second-order valence-corrected chi connectivity index (χ2v) is 7.32. The first-order chi connectivity index (χ1) is 13.6. The molecule has 146 valence electrons. The molecular weight excluding hydrogens is 354 g/mol. The Morgan fingerprint density at radius 1 is 0.929 bits per heavy atom. The highest BCUT2D eigenvalue weighted by atomic mass is 16.5. The van der Waals surface area contributed by atoms with E-state index in [2.05, 4.69) is 10.2 Å². The van der Waals surface area contributed by atoms with E-state index in [1.807, 2.05) is 53.4 Å². The normalized spacial score (nSPS) is 16.6. The number of anilines is 2. The first-order valence-electron chi connectivity index (χ1n) is 9.73. The predicted octanol–water partition coefficient (Wildman–Crippen LogP) is 3.01. The summed E-state index contributed by atoms with van der Waals surface area (Å²) in [6, 6.07) is 14.9. The van der Waals surface area contributed by atoms with E-state index < -0.39 is 0 Å². The van der Waals surface area contributed by atoms with Gasteiger partial charge in [0.2, 0.25) is 5.91 Å². The molecule has 0 unspecified atom stereocenters. The Morgan fingerprint density at radius 3 is 2.14 bits per heavy atom. The molecule has 1 saturated heterocycles. The van der Waals surface area contributed by atoms with Gasteiger partial charge in [-0.3, -0.25) is 9.59 Å². The summed E-state index contributed by atoms with van der Waals surface area (Å²) >= 11 is 0. The van der Waals surface area contributed by atoms with E-state index in [0.29, 0.717) is 11.5 Å². The Hall–Kier alpha value is -3.02.